The van der Waals surface area contributed by atoms with Gasteiger partial charge in [-0.1, -0.05) is 6.07 Å². The van der Waals surface area contributed by atoms with Gasteiger partial charge in [0.05, 0.1) is 12.8 Å². The first-order valence-corrected chi connectivity index (χ1v) is 7.21. The predicted molar refractivity (Wildman–Crippen MR) is 86.0 cm³/mol. The number of nitrogens with two attached hydrogens (primary N) is 1. The van der Waals surface area contributed by atoms with Crippen molar-refractivity contribution in [2.24, 2.45) is 0 Å². The summed E-state index contributed by atoms with van der Waals surface area (Å²) in [7, 11) is 1.59. The zero-order valence-electron chi connectivity index (χ0n) is 12.2. The molecule has 1 atom stereocenters. The first kappa shape index (κ1) is 13.7. The number of rotatable bonds is 3. The highest BCUT2D eigenvalue weighted by Gasteiger charge is 2.16. The van der Waals surface area contributed by atoms with Crippen molar-refractivity contribution in [1.29, 1.82) is 0 Å². The molecular formula is C17H20N3O. The lowest BCUT2D eigenvalue weighted by Gasteiger charge is -2.23. The summed E-state index contributed by atoms with van der Waals surface area (Å²) >= 11 is 0. The van der Waals surface area contributed by atoms with E-state index in [2.05, 4.69) is 35.4 Å². The lowest BCUT2D eigenvalue weighted by Crippen LogP contribution is -2.08. The molecule has 0 aliphatic heterocycles. The molecule has 21 heavy (non-hydrogen) atoms. The molecule has 1 aliphatic rings. The predicted octanol–water partition coefficient (Wildman–Crippen LogP) is 3.67. The number of nitrogens with zero attached hydrogens (tertiary/aromatic N) is 1. The van der Waals surface area contributed by atoms with Gasteiger partial charge in [0.1, 0.15) is 0 Å². The SMILES string of the molecule is [CH2]C1CCCc2cc(Nc3nc(OC)ccc3N)ccc21. The summed E-state index contributed by atoms with van der Waals surface area (Å²) in [6.07, 6.45) is 3.48. The topological polar surface area (TPSA) is 60.2 Å². The second-order valence-corrected chi connectivity index (χ2v) is 5.42. The van der Waals surface area contributed by atoms with Crippen LogP contribution >= 0.6 is 0 Å². The Balaban J connectivity index is 1.88. The molecule has 2 aromatic rings. The third-order valence-corrected chi connectivity index (χ3v) is 3.95. The number of aromatic nitrogens is 1. The van der Waals surface area contributed by atoms with E-state index in [1.54, 1.807) is 19.2 Å². The fourth-order valence-electron chi connectivity index (χ4n) is 2.80. The molecule has 0 amide bonds. The summed E-state index contributed by atoms with van der Waals surface area (Å²) in [5.41, 5.74) is 10.3. The molecule has 0 fully saturated rings. The smallest absolute Gasteiger partial charge is 0.215 e. The standard InChI is InChI=1S/C17H20N3O/c1-11-4-3-5-12-10-13(6-7-14(11)12)19-17-15(18)8-9-16(20-17)21-2/h6-11H,1,3-5,18H2,2H3,(H,19,20). The van der Waals surface area contributed by atoms with Crippen molar-refractivity contribution in [3.05, 3.63) is 48.4 Å². The van der Waals surface area contributed by atoms with Gasteiger partial charge in [-0.3, -0.25) is 0 Å². The molecule has 0 saturated heterocycles. The maximum absolute atomic E-state index is 5.96. The van der Waals surface area contributed by atoms with Crippen molar-refractivity contribution < 1.29 is 4.74 Å². The Morgan fingerprint density at radius 1 is 1.33 bits per heavy atom. The van der Waals surface area contributed by atoms with Crippen LogP contribution in [0.25, 0.3) is 0 Å². The normalized spacial score (nSPS) is 17.1. The number of benzene rings is 1. The number of pyridine rings is 1. The zero-order valence-corrected chi connectivity index (χ0v) is 12.2. The van der Waals surface area contributed by atoms with Gasteiger partial charge in [-0.2, -0.15) is 4.98 Å². The van der Waals surface area contributed by atoms with Crippen molar-refractivity contribution >= 4 is 17.2 Å². The average Bonchev–Trinajstić information content (AvgIpc) is 2.50. The van der Waals surface area contributed by atoms with Crippen LogP contribution in [0.3, 0.4) is 0 Å². The van der Waals surface area contributed by atoms with Crippen molar-refractivity contribution in [3.63, 3.8) is 0 Å². The van der Waals surface area contributed by atoms with E-state index in [4.69, 9.17) is 10.5 Å². The van der Waals surface area contributed by atoms with Gasteiger partial charge in [-0.15, -0.1) is 0 Å². The molecule has 1 aliphatic carbocycles. The molecule has 0 spiro atoms. The van der Waals surface area contributed by atoms with E-state index in [1.165, 1.54) is 24.0 Å². The summed E-state index contributed by atoms with van der Waals surface area (Å²) in [5.74, 6) is 1.57. The minimum absolute atomic E-state index is 0.405. The van der Waals surface area contributed by atoms with Crippen LogP contribution in [0.5, 0.6) is 5.88 Å². The maximum Gasteiger partial charge on any atom is 0.215 e. The molecule has 1 aromatic carbocycles. The number of fused-ring (bicyclic) bond motifs is 1. The second-order valence-electron chi connectivity index (χ2n) is 5.42. The van der Waals surface area contributed by atoms with Crippen molar-refractivity contribution in [2.75, 3.05) is 18.2 Å². The highest BCUT2D eigenvalue weighted by Crippen LogP contribution is 2.33. The van der Waals surface area contributed by atoms with E-state index in [9.17, 15) is 0 Å². The first-order valence-electron chi connectivity index (χ1n) is 7.21. The Morgan fingerprint density at radius 3 is 3.00 bits per heavy atom. The number of nitrogen functional groups attached to an aromatic ring is 1. The summed E-state index contributed by atoms with van der Waals surface area (Å²) in [4.78, 5) is 4.34. The highest BCUT2D eigenvalue weighted by molar-refractivity contribution is 5.69. The molecular weight excluding hydrogens is 262 g/mol. The molecule has 1 aromatic heterocycles. The Bertz CT molecular complexity index is 654. The molecule has 4 nitrogen and oxygen atoms in total. The average molecular weight is 282 g/mol. The molecule has 3 rings (SSSR count). The Morgan fingerprint density at radius 2 is 2.19 bits per heavy atom. The van der Waals surface area contributed by atoms with Gasteiger partial charge >= 0.3 is 0 Å². The number of aryl methyl sites for hydroxylation is 1. The first-order chi connectivity index (χ1) is 10.2. The number of nitrogens with one attached hydrogen (secondary N) is 1. The molecule has 4 heteroatoms. The van der Waals surface area contributed by atoms with E-state index in [0.29, 0.717) is 23.3 Å². The van der Waals surface area contributed by atoms with Gasteiger partial charge in [0.15, 0.2) is 5.82 Å². The fraction of sp³-hybridized carbons (Fsp3) is 0.294. The Hall–Kier alpha value is -2.23. The van der Waals surface area contributed by atoms with Gasteiger partial charge < -0.3 is 15.8 Å². The van der Waals surface area contributed by atoms with Crippen LogP contribution in [0.1, 0.15) is 29.9 Å². The van der Waals surface area contributed by atoms with E-state index in [1.807, 2.05) is 0 Å². The number of ether oxygens (including phenoxy) is 1. The van der Waals surface area contributed by atoms with Gasteiger partial charge in [-0.25, -0.2) is 0 Å². The van der Waals surface area contributed by atoms with Crippen molar-refractivity contribution in [2.45, 2.75) is 25.2 Å². The van der Waals surface area contributed by atoms with E-state index >= 15 is 0 Å². The molecule has 1 unspecified atom stereocenters. The number of methoxy groups -OCH3 is 1. The summed E-state index contributed by atoms with van der Waals surface area (Å²) < 4.78 is 5.14. The molecule has 1 heterocycles. The fourth-order valence-corrected chi connectivity index (χ4v) is 2.80. The quantitative estimate of drug-likeness (QED) is 0.901. The van der Waals surface area contributed by atoms with Crippen molar-refractivity contribution in [3.8, 4) is 5.88 Å². The van der Waals surface area contributed by atoms with Crippen LogP contribution < -0.4 is 15.8 Å². The summed E-state index contributed by atoms with van der Waals surface area (Å²) in [5, 5.41) is 3.28. The summed E-state index contributed by atoms with van der Waals surface area (Å²) in [6.45, 7) is 4.22. The molecule has 1 radical (unpaired) electrons. The Labute approximate surface area is 125 Å². The molecule has 3 N–H and O–H groups in total. The number of hydrogen-bond acceptors (Lipinski definition) is 4. The summed E-state index contributed by atoms with van der Waals surface area (Å²) in [6, 6.07) is 9.93. The van der Waals surface area contributed by atoms with E-state index in [0.717, 1.165) is 12.1 Å². The van der Waals surface area contributed by atoms with Gasteiger partial charge in [0, 0.05) is 11.8 Å². The third kappa shape index (κ3) is 2.79. The van der Waals surface area contributed by atoms with Gasteiger partial charge in [0.25, 0.3) is 0 Å². The van der Waals surface area contributed by atoms with E-state index in [-0.39, 0.29) is 0 Å². The molecule has 0 saturated carbocycles. The lowest BCUT2D eigenvalue weighted by atomic mass is 9.84. The Kier molecular flexibility index (Phi) is 3.69. The van der Waals surface area contributed by atoms with Crippen LogP contribution in [0.4, 0.5) is 17.2 Å². The molecule has 0 bridgehead atoms. The number of hydrogen-bond donors (Lipinski definition) is 2. The van der Waals surface area contributed by atoms with Crippen LogP contribution in [-0.2, 0) is 6.42 Å². The highest BCUT2D eigenvalue weighted by atomic mass is 16.5. The van der Waals surface area contributed by atoms with Crippen LogP contribution in [0.2, 0.25) is 0 Å². The zero-order chi connectivity index (χ0) is 14.8. The minimum atomic E-state index is 0.405. The van der Waals surface area contributed by atoms with Crippen LogP contribution in [0, 0.1) is 6.92 Å². The van der Waals surface area contributed by atoms with Gasteiger partial charge in [0.2, 0.25) is 5.88 Å². The molecule has 109 valence electrons. The van der Waals surface area contributed by atoms with Gasteiger partial charge in [-0.05, 0) is 61.4 Å². The van der Waals surface area contributed by atoms with Crippen LogP contribution in [0.15, 0.2) is 30.3 Å². The minimum Gasteiger partial charge on any atom is -0.481 e. The van der Waals surface area contributed by atoms with E-state index < -0.39 is 0 Å². The largest absolute Gasteiger partial charge is 0.481 e. The third-order valence-electron chi connectivity index (χ3n) is 3.95. The van der Waals surface area contributed by atoms with Crippen LogP contribution in [-0.4, -0.2) is 12.1 Å². The number of anilines is 3. The lowest BCUT2D eigenvalue weighted by molar-refractivity contribution is 0.398. The maximum atomic E-state index is 5.96. The van der Waals surface area contributed by atoms with Crippen molar-refractivity contribution in [1.82, 2.24) is 4.98 Å². The second kappa shape index (κ2) is 5.64. The monoisotopic (exact) mass is 282 g/mol.